The molecule has 1 aromatic rings. The summed E-state index contributed by atoms with van der Waals surface area (Å²) in [6.45, 7) is 0.283. The van der Waals surface area contributed by atoms with Crippen LogP contribution in [-0.4, -0.2) is 33.8 Å². The molecule has 19 heavy (non-hydrogen) atoms. The zero-order chi connectivity index (χ0) is 14.3. The van der Waals surface area contributed by atoms with Crippen molar-refractivity contribution < 1.29 is 17.9 Å². The lowest BCUT2D eigenvalue weighted by molar-refractivity contribution is -0.140. The number of nitrogens with one attached hydrogen (secondary N) is 1. The van der Waals surface area contributed by atoms with Crippen LogP contribution in [0.25, 0.3) is 0 Å². The van der Waals surface area contributed by atoms with Crippen LogP contribution >= 0.6 is 11.6 Å². The van der Waals surface area contributed by atoms with Crippen molar-refractivity contribution in [2.45, 2.75) is 12.8 Å². The number of sulfonamides is 1. The van der Waals surface area contributed by atoms with E-state index in [1.54, 1.807) is 12.1 Å². The Bertz CT molecular complexity index is 513. The average Bonchev–Trinajstić information content (AvgIpc) is 2.38. The van der Waals surface area contributed by atoms with Crippen LogP contribution in [0.1, 0.15) is 12.0 Å². The van der Waals surface area contributed by atoms with E-state index in [1.165, 1.54) is 7.11 Å². The van der Waals surface area contributed by atoms with E-state index in [9.17, 15) is 13.2 Å². The number of ether oxygens (including phenoxy) is 1. The normalized spacial score (nSPS) is 11.3. The first-order chi connectivity index (χ1) is 8.93. The van der Waals surface area contributed by atoms with Gasteiger partial charge >= 0.3 is 5.97 Å². The van der Waals surface area contributed by atoms with E-state index in [2.05, 4.69) is 9.46 Å². The second kappa shape index (κ2) is 7.47. The fraction of sp³-hybridized carbons (Fsp3) is 0.417. The van der Waals surface area contributed by atoms with Crippen LogP contribution in [0.2, 0.25) is 5.02 Å². The zero-order valence-corrected chi connectivity index (χ0v) is 12.1. The second-order valence-corrected chi connectivity index (χ2v) is 6.28. The van der Waals surface area contributed by atoms with Gasteiger partial charge in [-0.1, -0.05) is 23.7 Å². The lowest BCUT2D eigenvalue weighted by atomic mass is 10.2. The van der Waals surface area contributed by atoms with Crippen molar-refractivity contribution in [3.8, 4) is 0 Å². The van der Waals surface area contributed by atoms with Crippen LogP contribution in [0.15, 0.2) is 24.3 Å². The van der Waals surface area contributed by atoms with Crippen LogP contribution in [-0.2, 0) is 26.0 Å². The summed E-state index contributed by atoms with van der Waals surface area (Å²) < 4.78 is 29.9. The van der Waals surface area contributed by atoms with Gasteiger partial charge in [0.15, 0.2) is 0 Å². The molecule has 0 heterocycles. The van der Waals surface area contributed by atoms with Gasteiger partial charge in [-0.25, -0.2) is 13.1 Å². The fourth-order valence-corrected chi connectivity index (χ4v) is 2.51. The van der Waals surface area contributed by atoms with Gasteiger partial charge in [-0.2, -0.15) is 0 Å². The van der Waals surface area contributed by atoms with Crippen LogP contribution in [0.5, 0.6) is 0 Å². The summed E-state index contributed by atoms with van der Waals surface area (Å²) in [6, 6.07) is 7.18. The van der Waals surface area contributed by atoms with Crippen LogP contribution < -0.4 is 4.72 Å². The van der Waals surface area contributed by atoms with E-state index in [-0.39, 0.29) is 18.7 Å². The van der Waals surface area contributed by atoms with Crippen LogP contribution in [0, 0.1) is 0 Å². The Labute approximate surface area is 118 Å². The Hall–Kier alpha value is -1.11. The molecule has 1 N–H and O–H groups in total. The third-order valence-corrected chi connectivity index (χ3v) is 4.09. The molecule has 0 aliphatic carbocycles. The van der Waals surface area contributed by atoms with Gasteiger partial charge in [0, 0.05) is 11.6 Å². The first-order valence-corrected chi connectivity index (χ1v) is 7.74. The van der Waals surface area contributed by atoms with Gasteiger partial charge in [0.05, 0.1) is 19.3 Å². The number of hydrogen-bond acceptors (Lipinski definition) is 4. The molecule has 0 unspecified atom stereocenters. The number of carbonyl (C=O) groups excluding carboxylic acids is 1. The summed E-state index contributed by atoms with van der Waals surface area (Å²) >= 11 is 5.75. The molecule has 0 saturated carbocycles. The van der Waals surface area contributed by atoms with Gasteiger partial charge in [0.25, 0.3) is 0 Å². The maximum absolute atomic E-state index is 11.6. The topological polar surface area (TPSA) is 72.5 Å². The molecule has 1 aromatic carbocycles. The highest BCUT2D eigenvalue weighted by molar-refractivity contribution is 7.89. The maximum atomic E-state index is 11.6. The molecule has 0 saturated heterocycles. The van der Waals surface area contributed by atoms with Gasteiger partial charge in [-0.05, 0) is 24.1 Å². The van der Waals surface area contributed by atoms with Crippen LogP contribution in [0.3, 0.4) is 0 Å². The Morgan fingerprint density at radius 1 is 1.32 bits per heavy atom. The van der Waals surface area contributed by atoms with Crippen molar-refractivity contribution in [3.63, 3.8) is 0 Å². The van der Waals surface area contributed by atoms with E-state index in [1.807, 2.05) is 12.1 Å². The highest BCUT2D eigenvalue weighted by atomic mass is 35.5. The first kappa shape index (κ1) is 15.9. The highest BCUT2D eigenvalue weighted by Crippen LogP contribution is 2.09. The number of esters is 1. The summed E-state index contributed by atoms with van der Waals surface area (Å²) in [6.07, 6.45) is 0.418. The molecule has 0 aliphatic heterocycles. The number of rotatable bonds is 7. The van der Waals surface area contributed by atoms with Gasteiger partial charge in [0.1, 0.15) is 0 Å². The number of halogens is 1. The van der Waals surface area contributed by atoms with Crippen molar-refractivity contribution in [2.24, 2.45) is 0 Å². The van der Waals surface area contributed by atoms with E-state index in [0.717, 1.165) is 5.56 Å². The van der Waals surface area contributed by atoms with Crippen molar-refractivity contribution in [1.82, 2.24) is 4.72 Å². The maximum Gasteiger partial charge on any atom is 0.306 e. The van der Waals surface area contributed by atoms with E-state index >= 15 is 0 Å². The number of benzene rings is 1. The molecule has 0 atom stereocenters. The van der Waals surface area contributed by atoms with Crippen molar-refractivity contribution in [2.75, 3.05) is 19.4 Å². The van der Waals surface area contributed by atoms with Gasteiger partial charge < -0.3 is 4.74 Å². The molecule has 7 heteroatoms. The Balaban J connectivity index is 2.35. The minimum atomic E-state index is -3.44. The quantitative estimate of drug-likeness (QED) is 0.772. The SMILES string of the molecule is COC(=O)CCS(=O)(=O)NCCc1ccc(Cl)cc1. The van der Waals surface area contributed by atoms with Crippen molar-refractivity contribution in [3.05, 3.63) is 34.9 Å². The molecule has 0 amide bonds. The lowest BCUT2D eigenvalue weighted by Crippen LogP contribution is -2.29. The molecule has 5 nitrogen and oxygen atoms in total. The van der Waals surface area contributed by atoms with Crippen LogP contribution in [0.4, 0.5) is 0 Å². The largest absolute Gasteiger partial charge is 0.469 e. The summed E-state index contributed by atoms with van der Waals surface area (Å²) in [5.74, 6) is -0.802. The van der Waals surface area contributed by atoms with Crippen molar-refractivity contribution in [1.29, 1.82) is 0 Å². The second-order valence-electron chi connectivity index (χ2n) is 3.92. The Kier molecular flexibility index (Phi) is 6.27. The molecule has 0 radical (unpaired) electrons. The summed E-state index contributed by atoms with van der Waals surface area (Å²) in [4.78, 5) is 10.9. The lowest BCUT2D eigenvalue weighted by Gasteiger charge is -2.06. The molecule has 0 aliphatic rings. The predicted octanol–water partition coefficient (Wildman–Crippen LogP) is 1.36. The smallest absolute Gasteiger partial charge is 0.306 e. The fourth-order valence-electron chi connectivity index (χ4n) is 1.39. The van der Waals surface area contributed by atoms with E-state index < -0.39 is 16.0 Å². The molecule has 0 bridgehead atoms. The molecular weight excluding hydrogens is 290 g/mol. The molecule has 1 rings (SSSR count). The van der Waals surface area contributed by atoms with Gasteiger partial charge in [-0.15, -0.1) is 0 Å². The zero-order valence-electron chi connectivity index (χ0n) is 10.6. The molecule has 106 valence electrons. The first-order valence-electron chi connectivity index (χ1n) is 5.71. The van der Waals surface area contributed by atoms with E-state index in [4.69, 9.17) is 11.6 Å². The number of hydrogen-bond donors (Lipinski definition) is 1. The molecule has 0 fully saturated rings. The van der Waals surface area contributed by atoms with Crippen molar-refractivity contribution >= 4 is 27.6 Å². The number of carbonyl (C=O) groups is 1. The standard InChI is InChI=1S/C12H16ClNO4S/c1-18-12(15)7-9-19(16,17)14-8-6-10-2-4-11(13)5-3-10/h2-5,14H,6-9H2,1H3. The monoisotopic (exact) mass is 305 g/mol. The molecular formula is C12H16ClNO4S. The van der Waals surface area contributed by atoms with E-state index in [0.29, 0.717) is 11.4 Å². The summed E-state index contributed by atoms with van der Waals surface area (Å²) in [5, 5.41) is 0.641. The number of methoxy groups -OCH3 is 1. The Morgan fingerprint density at radius 2 is 1.95 bits per heavy atom. The predicted molar refractivity (Wildman–Crippen MR) is 73.6 cm³/mol. The average molecular weight is 306 g/mol. The Morgan fingerprint density at radius 3 is 2.53 bits per heavy atom. The third-order valence-electron chi connectivity index (χ3n) is 2.45. The summed E-state index contributed by atoms with van der Waals surface area (Å²) in [7, 11) is -2.22. The summed E-state index contributed by atoms with van der Waals surface area (Å²) in [5.41, 5.74) is 0.986. The third kappa shape index (κ3) is 6.56. The highest BCUT2D eigenvalue weighted by Gasteiger charge is 2.12. The van der Waals surface area contributed by atoms with Gasteiger partial charge in [0.2, 0.25) is 10.0 Å². The van der Waals surface area contributed by atoms with Gasteiger partial charge in [-0.3, -0.25) is 4.79 Å². The minimum absolute atomic E-state index is 0.146. The molecule has 0 aromatic heterocycles. The minimum Gasteiger partial charge on any atom is -0.469 e. The molecule has 0 spiro atoms.